The summed E-state index contributed by atoms with van der Waals surface area (Å²) in [5.74, 6) is 0.674. The number of ether oxygens (including phenoxy) is 1. The van der Waals surface area contributed by atoms with Crippen molar-refractivity contribution in [3.05, 3.63) is 83.3 Å². The summed E-state index contributed by atoms with van der Waals surface area (Å²) in [6.07, 6.45) is 2.27. The van der Waals surface area contributed by atoms with E-state index in [1.165, 1.54) is 6.26 Å². The molecule has 0 fully saturated rings. The van der Waals surface area contributed by atoms with Gasteiger partial charge < -0.3 is 19.4 Å². The Hall–Kier alpha value is -3.54. The maximum absolute atomic E-state index is 13.2. The van der Waals surface area contributed by atoms with Gasteiger partial charge in [-0.1, -0.05) is 12.1 Å². The molecule has 1 N–H and O–H groups in total. The Balaban J connectivity index is 1.53. The van der Waals surface area contributed by atoms with Gasteiger partial charge in [0, 0.05) is 23.8 Å². The molecule has 1 atom stereocenters. The van der Waals surface area contributed by atoms with Crippen LogP contribution in [0.5, 0.6) is 5.75 Å². The first-order valence-corrected chi connectivity index (χ1v) is 9.48. The van der Waals surface area contributed by atoms with Gasteiger partial charge in [0.25, 0.3) is 11.8 Å². The Bertz CT molecular complexity index is 1030. The smallest absolute Gasteiger partial charge is 0.287 e. The molecule has 1 aliphatic rings. The second-order valence-electron chi connectivity index (χ2n) is 7.08. The number of fused-ring (bicyclic) bond motifs is 1. The SMILES string of the molecule is COc1ccc(C(=O)N2c3cc(CNC(=O)c4ccco4)ccc3CC2C)cc1. The molecule has 0 saturated carbocycles. The Labute approximate surface area is 169 Å². The van der Waals surface area contributed by atoms with E-state index >= 15 is 0 Å². The molecule has 0 spiro atoms. The van der Waals surface area contributed by atoms with Crippen molar-refractivity contribution in [1.82, 2.24) is 5.32 Å². The molecule has 2 heterocycles. The molecule has 0 bridgehead atoms. The van der Waals surface area contributed by atoms with Gasteiger partial charge >= 0.3 is 0 Å². The van der Waals surface area contributed by atoms with Crippen molar-refractivity contribution < 1.29 is 18.7 Å². The van der Waals surface area contributed by atoms with Crippen molar-refractivity contribution in [3.8, 4) is 5.75 Å². The van der Waals surface area contributed by atoms with E-state index in [2.05, 4.69) is 5.32 Å². The summed E-state index contributed by atoms with van der Waals surface area (Å²) < 4.78 is 10.3. The largest absolute Gasteiger partial charge is 0.497 e. The van der Waals surface area contributed by atoms with Gasteiger partial charge in [-0.25, -0.2) is 0 Å². The van der Waals surface area contributed by atoms with E-state index in [9.17, 15) is 9.59 Å². The number of nitrogens with one attached hydrogen (secondary N) is 1. The molecular weight excluding hydrogens is 368 g/mol. The first-order chi connectivity index (χ1) is 14.1. The van der Waals surface area contributed by atoms with Crippen molar-refractivity contribution >= 4 is 17.5 Å². The number of hydrogen-bond donors (Lipinski definition) is 1. The number of hydrogen-bond acceptors (Lipinski definition) is 4. The number of carbonyl (C=O) groups is 2. The van der Waals surface area contributed by atoms with Gasteiger partial charge in [-0.15, -0.1) is 0 Å². The maximum Gasteiger partial charge on any atom is 0.287 e. The molecule has 3 aromatic rings. The number of amides is 2. The standard InChI is InChI=1S/C23H22N2O4/c1-15-12-18-6-5-16(14-24-22(26)21-4-3-11-29-21)13-20(18)25(15)23(27)17-7-9-19(28-2)10-8-17/h3-11,13,15H,12,14H2,1-2H3,(H,24,26). The van der Waals surface area contributed by atoms with Gasteiger partial charge in [-0.3, -0.25) is 9.59 Å². The minimum absolute atomic E-state index is 0.0457. The zero-order valence-electron chi connectivity index (χ0n) is 16.3. The number of furan rings is 1. The lowest BCUT2D eigenvalue weighted by Gasteiger charge is -2.23. The van der Waals surface area contributed by atoms with Gasteiger partial charge in [-0.05, 0) is 66.9 Å². The molecule has 29 heavy (non-hydrogen) atoms. The number of nitrogens with zero attached hydrogens (tertiary/aromatic N) is 1. The fourth-order valence-electron chi connectivity index (χ4n) is 3.62. The maximum atomic E-state index is 13.2. The van der Waals surface area contributed by atoms with Crippen molar-refractivity contribution in [2.45, 2.75) is 25.9 Å². The van der Waals surface area contributed by atoms with Crippen LogP contribution in [0.2, 0.25) is 0 Å². The van der Waals surface area contributed by atoms with Crippen molar-refractivity contribution in [1.29, 1.82) is 0 Å². The minimum atomic E-state index is -0.268. The number of benzene rings is 2. The Morgan fingerprint density at radius 2 is 1.97 bits per heavy atom. The van der Waals surface area contributed by atoms with Crippen LogP contribution in [-0.2, 0) is 13.0 Å². The van der Waals surface area contributed by atoms with Gasteiger partial charge in [0.05, 0.1) is 13.4 Å². The molecular formula is C23H22N2O4. The highest BCUT2D eigenvalue weighted by molar-refractivity contribution is 6.07. The van der Waals surface area contributed by atoms with Crippen LogP contribution in [0.4, 0.5) is 5.69 Å². The first-order valence-electron chi connectivity index (χ1n) is 9.48. The Kier molecular flexibility index (Phi) is 5.08. The third-order valence-electron chi connectivity index (χ3n) is 5.12. The second-order valence-corrected chi connectivity index (χ2v) is 7.08. The van der Waals surface area contributed by atoms with Crippen LogP contribution in [0.3, 0.4) is 0 Å². The van der Waals surface area contributed by atoms with Crippen LogP contribution in [0.15, 0.2) is 65.3 Å². The molecule has 148 valence electrons. The van der Waals surface area contributed by atoms with Crippen LogP contribution in [0, 0.1) is 0 Å². The van der Waals surface area contributed by atoms with E-state index in [-0.39, 0.29) is 23.6 Å². The van der Waals surface area contributed by atoms with Crippen LogP contribution in [-0.4, -0.2) is 25.0 Å². The summed E-state index contributed by atoms with van der Waals surface area (Å²) in [5, 5.41) is 2.84. The number of methoxy groups -OCH3 is 1. The lowest BCUT2D eigenvalue weighted by atomic mass is 10.1. The topological polar surface area (TPSA) is 71.8 Å². The van der Waals surface area contributed by atoms with Crippen molar-refractivity contribution in [2.24, 2.45) is 0 Å². The highest BCUT2D eigenvalue weighted by atomic mass is 16.5. The Morgan fingerprint density at radius 1 is 1.17 bits per heavy atom. The molecule has 2 aromatic carbocycles. The quantitative estimate of drug-likeness (QED) is 0.719. The van der Waals surface area contributed by atoms with Crippen molar-refractivity contribution in [3.63, 3.8) is 0 Å². The Morgan fingerprint density at radius 3 is 2.66 bits per heavy atom. The molecule has 0 saturated heterocycles. The van der Waals surface area contributed by atoms with Crippen LogP contribution < -0.4 is 15.0 Å². The van der Waals surface area contributed by atoms with Gasteiger partial charge in [0.1, 0.15) is 5.75 Å². The van der Waals surface area contributed by atoms with E-state index in [0.717, 1.165) is 23.2 Å². The minimum Gasteiger partial charge on any atom is -0.497 e. The molecule has 6 nitrogen and oxygen atoms in total. The van der Waals surface area contributed by atoms with Gasteiger partial charge in [0.2, 0.25) is 0 Å². The van der Waals surface area contributed by atoms with Gasteiger partial charge in [0.15, 0.2) is 5.76 Å². The molecule has 2 amide bonds. The average molecular weight is 390 g/mol. The van der Waals surface area contributed by atoms with Crippen LogP contribution in [0.1, 0.15) is 39.0 Å². The third kappa shape index (κ3) is 3.74. The number of anilines is 1. The fraction of sp³-hybridized carbons (Fsp3) is 0.217. The second kappa shape index (κ2) is 7.83. The molecule has 1 unspecified atom stereocenters. The molecule has 0 aliphatic carbocycles. The van der Waals surface area contributed by atoms with Crippen molar-refractivity contribution in [2.75, 3.05) is 12.0 Å². The summed E-state index contributed by atoms with van der Waals surface area (Å²) in [5.41, 5.74) is 3.55. The molecule has 4 rings (SSSR count). The molecule has 0 radical (unpaired) electrons. The predicted octanol–water partition coefficient (Wildman–Crippen LogP) is 3.81. The van der Waals surface area contributed by atoms with E-state index < -0.39 is 0 Å². The summed E-state index contributed by atoms with van der Waals surface area (Å²) >= 11 is 0. The average Bonchev–Trinajstić information content (AvgIpc) is 3.39. The van der Waals surface area contributed by atoms with E-state index in [4.69, 9.17) is 9.15 Å². The fourth-order valence-corrected chi connectivity index (χ4v) is 3.62. The van der Waals surface area contributed by atoms with Gasteiger partial charge in [-0.2, -0.15) is 0 Å². The van der Waals surface area contributed by atoms with Crippen LogP contribution >= 0.6 is 0 Å². The molecule has 1 aliphatic heterocycles. The zero-order valence-corrected chi connectivity index (χ0v) is 16.3. The zero-order chi connectivity index (χ0) is 20.4. The van der Waals surface area contributed by atoms with E-state index in [0.29, 0.717) is 17.9 Å². The monoisotopic (exact) mass is 390 g/mol. The summed E-state index contributed by atoms with van der Waals surface area (Å²) in [7, 11) is 1.60. The molecule has 6 heteroatoms. The highest BCUT2D eigenvalue weighted by Gasteiger charge is 2.31. The third-order valence-corrected chi connectivity index (χ3v) is 5.12. The summed E-state index contributed by atoms with van der Waals surface area (Å²) in [6, 6.07) is 16.5. The lowest BCUT2D eigenvalue weighted by molar-refractivity contribution is 0.0922. The predicted molar refractivity (Wildman–Crippen MR) is 109 cm³/mol. The number of carbonyl (C=O) groups excluding carboxylic acids is 2. The highest BCUT2D eigenvalue weighted by Crippen LogP contribution is 2.34. The van der Waals surface area contributed by atoms with Crippen LogP contribution in [0.25, 0.3) is 0 Å². The summed E-state index contributed by atoms with van der Waals surface area (Å²) in [6.45, 7) is 2.39. The number of rotatable bonds is 5. The normalized spacial score (nSPS) is 15.1. The van der Waals surface area contributed by atoms with E-state index in [1.807, 2.05) is 30.0 Å². The summed E-state index contributed by atoms with van der Waals surface area (Å²) in [4.78, 5) is 27.1. The first kappa shape index (κ1) is 18.8. The van der Waals surface area contributed by atoms with E-state index in [1.54, 1.807) is 43.5 Å². The molecule has 1 aromatic heterocycles. The lowest BCUT2D eigenvalue weighted by Crippen LogP contribution is -2.35.